The minimum atomic E-state index is -4.58. The molecule has 0 saturated heterocycles. The highest BCUT2D eigenvalue weighted by Gasteiger charge is 2.33. The highest BCUT2D eigenvalue weighted by atomic mass is 19.4. The third-order valence-corrected chi connectivity index (χ3v) is 5.21. The van der Waals surface area contributed by atoms with E-state index in [0.717, 1.165) is 28.2 Å². The van der Waals surface area contributed by atoms with Crippen LogP contribution in [0.4, 0.5) is 13.2 Å². The fraction of sp³-hybridized carbons (Fsp3) is 0.167. The van der Waals surface area contributed by atoms with E-state index < -0.39 is 24.3 Å². The van der Waals surface area contributed by atoms with Crippen LogP contribution in [0.3, 0.4) is 0 Å². The molecule has 1 amide bonds. The number of para-hydroxylation sites is 1. The van der Waals surface area contributed by atoms with Crippen molar-refractivity contribution in [1.29, 1.82) is 0 Å². The van der Waals surface area contributed by atoms with Crippen LogP contribution in [0.5, 0.6) is 11.5 Å². The highest BCUT2D eigenvalue weighted by Crippen LogP contribution is 2.35. The fourth-order valence-corrected chi connectivity index (χ4v) is 3.57. The normalized spacial score (nSPS) is 13.2. The lowest BCUT2D eigenvalue weighted by molar-refractivity contribution is -0.141. The Morgan fingerprint density at radius 2 is 1.83 bits per heavy atom. The Bertz CT molecular complexity index is 1410. The minimum absolute atomic E-state index is 0.425. The van der Waals surface area contributed by atoms with E-state index in [-0.39, 0.29) is 0 Å². The van der Waals surface area contributed by atoms with Crippen LogP contribution in [0, 0.1) is 0 Å². The summed E-state index contributed by atoms with van der Waals surface area (Å²) < 4.78 is 51.9. The molecule has 1 N–H and O–H groups in total. The molecule has 1 aliphatic heterocycles. The number of ether oxygens (including phenoxy) is 2. The zero-order chi connectivity index (χ0) is 25.1. The largest absolute Gasteiger partial charge is 0.486 e. The summed E-state index contributed by atoms with van der Waals surface area (Å²) in [7, 11) is 0. The molecular weight excluding hydrogens is 477 g/mol. The number of alkyl halides is 3. The number of fused-ring (bicyclic) bond motifs is 1. The number of hydrogen-bond acceptors (Lipinski definition) is 6. The molecule has 2 aromatic carbocycles. The van der Waals surface area contributed by atoms with Crippen molar-refractivity contribution in [2.75, 3.05) is 13.2 Å². The number of rotatable bonds is 6. The van der Waals surface area contributed by atoms with Crippen LogP contribution in [-0.2, 0) is 17.5 Å². The SMILES string of the molecule is O=C(Cn1ccc(C(F)(F)F)n1)N/N=C\c1cn(-c2ccccc2)nc1-c1ccc2c(c1)OCCO2. The second-order valence-electron chi connectivity index (χ2n) is 7.76. The van der Waals surface area contributed by atoms with E-state index in [4.69, 9.17) is 9.47 Å². The van der Waals surface area contributed by atoms with Crippen molar-refractivity contribution in [3.63, 3.8) is 0 Å². The molecule has 0 atom stereocenters. The Morgan fingerprint density at radius 3 is 2.58 bits per heavy atom. The number of nitrogens with zero attached hydrogens (tertiary/aromatic N) is 5. The first kappa shape index (κ1) is 23.1. The molecule has 36 heavy (non-hydrogen) atoms. The number of hydrogen-bond donors (Lipinski definition) is 1. The molecule has 0 saturated carbocycles. The molecule has 0 unspecified atom stereocenters. The van der Waals surface area contributed by atoms with Gasteiger partial charge in [0.15, 0.2) is 17.2 Å². The molecule has 2 aromatic heterocycles. The summed E-state index contributed by atoms with van der Waals surface area (Å²) in [6, 6.07) is 15.7. The molecular formula is C24H19F3N6O3. The average Bonchev–Trinajstić information content (AvgIpc) is 3.52. The summed E-state index contributed by atoms with van der Waals surface area (Å²) in [6.45, 7) is 0.490. The minimum Gasteiger partial charge on any atom is -0.486 e. The molecule has 9 nitrogen and oxygen atoms in total. The van der Waals surface area contributed by atoms with Gasteiger partial charge in [0.2, 0.25) is 0 Å². The Labute approximate surface area is 202 Å². The van der Waals surface area contributed by atoms with Gasteiger partial charge >= 0.3 is 6.18 Å². The van der Waals surface area contributed by atoms with Gasteiger partial charge in [-0.2, -0.15) is 28.5 Å². The molecule has 184 valence electrons. The summed E-state index contributed by atoms with van der Waals surface area (Å²) in [5.74, 6) is 0.600. The van der Waals surface area contributed by atoms with E-state index >= 15 is 0 Å². The summed E-state index contributed by atoms with van der Waals surface area (Å²) in [4.78, 5) is 12.2. The molecule has 4 aromatic rings. The van der Waals surface area contributed by atoms with Crippen LogP contribution in [0.2, 0.25) is 0 Å². The maximum atomic E-state index is 12.7. The lowest BCUT2D eigenvalue weighted by Crippen LogP contribution is -2.23. The third kappa shape index (κ3) is 5.06. The monoisotopic (exact) mass is 496 g/mol. The summed E-state index contributed by atoms with van der Waals surface area (Å²) >= 11 is 0. The van der Waals surface area contributed by atoms with E-state index in [1.54, 1.807) is 16.9 Å². The van der Waals surface area contributed by atoms with Crippen molar-refractivity contribution >= 4 is 12.1 Å². The quantitative estimate of drug-likeness (QED) is 0.325. The first-order valence-electron chi connectivity index (χ1n) is 10.8. The molecule has 0 bridgehead atoms. The average molecular weight is 496 g/mol. The Kier molecular flexibility index (Phi) is 6.15. The molecule has 0 aliphatic carbocycles. The van der Waals surface area contributed by atoms with Gasteiger partial charge in [-0.15, -0.1) is 0 Å². The van der Waals surface area contributed by atoms with E-state index in [1.807, 2.05) is 42.5 Å². The Morgan fingerprint density at radius 1 is 1.06 bits per heavy atom. The van der Waals surface area contributed by atoms with Gasteiger partial charge in [-0.3, -0.25) is 9.48 Å². The molecule has 12 heteroatoms. The van der Waals surface area contributed by atoms with Crippen LogP contribution >= 0.6 is 0 Å². The van der Waals surface area contributed by atoms with Crippen molar-refractivity contribution in [2.24, 2.45) is 5.10 Å². The maximum Gasteiger partial charge on any atom is 0.435 e. The van der Waals surface area contributed by atoms with E-state index in [2.05, 4.69) is 20.7 Å². The first-order chi connectivity index (χ1) is 17.4. The van der Waals surface area contributed by atoms with Gasteiger partial charge in [0, 0.05) is 23.5 Å². The number of amides is 1. The van der Waals surface area contributed by atoms with Crippen molar-refractivity contribution in [2.45, 2.75) is 12.7 Å². The van der Waals surface area contributed by atoms with E-state index in [0.29, 0.717) is 36.0 Å². The van der Waals surface area contributed by atoms with Crippen LogP contribution < -0.4 is 14.9 Å². The highest BCUT2D eigenvalue weighted by molar-refractivity contribution is 5.90. The van der Waals surface area contributed by atoms with Gasteiger partial charge in [0.25, 0.3) is 5.91 Å². The second-order valence-corrected chi connectivity index (χ2v) is 7.76. The van der Waals surface area contributed by atoms with E-state index in [1.165, 1.54) is 6.21 Å². The van der Waals surface area contributed by atoms with Crippen LogP contribution in [0.25, 0.3) is 16.9 Å². The van der Waals surface area contributed by atoms with Gasteiger partial charge in [0.1, 0.15) is 25.5 Å². The number of nitrogens with one attached hydrogen (secondary N) is 1. The number of aromatic nitrogens is 4. The lowest BCUT2D eigenvalue weighted by atomic mass is 10.1. The summed E-state index contributed by atoms with van der Waals surface area (Å²) in [5, 5.41) is 12.0. The topological polar surface area (TPSA) is 95.6 Å². The lowest BCUT2D eigenvalue weighted by Gasteiger charge is -2.18. The molecule has 1 aliphatic rings. The number of hydrazone groups is 1. The second kappa shape index (κ2) is 9.56. The summed E-state index contributed by atoms with van der Waals surface area (Å²) in [5.41, 5.74) is 3.98. The van der Waals surface area contributed by atoms with Crippen molar-refractivity contribution in [1.82, 2.24) is 25.0 Å². The molecule has 3 heterocycles. The first-order valence-corrected chi connectivity index (χ1v) is 10.8. The Hall–Kier alpha value is -4.61. The Balaban J connectivity index is 1.37. The predicted molar refractivity (Wildman–Crippen MR) is 123 cm³/mol. The number of benzene rings is 2. The molecule has 0 fully saturated rings. The number of carbonyl (C=O) groups is 1. The van der Waals surface area contributed by atoms with Crippen LogP contribution in [-0.4, -0.2) is 44.9 Å². The van der Waals surface area contributed by atoms with Gasteiger partial charge in [-0.05, 0) is 36.4 Å². The zero-order valence-corrected chi connectivity index (χ0v) is 18.6. The summed E-state index contributed by atoms with van der Waals surface area (Å²) in [6.07, 6.45) is -0.333. The molecule has 0 spiro atoms. The fourth-order valence-electron chi connectivity index (χ4n) is 3.57. The predicted octanol–water partition coefficient (Wildman–Crippen LogP) is 3.68. The van der Waals surface area contributed by atoms with Crippen molar-refractivity contribution < 1.29 is 27.4 Å². The molecule has 5 rings (SSSR count). The smallest absolute Gasteiger partial charge is 0.435 e. The van der Waals surface area contributed by atoms with Crippen molar-refractivity contribution in [3.05, 3.63) is 78.2 Å². The van der Waals surface area contributed by atoms with Gasteiger partial charge in [0.05, 0.1) is 11.9 Å². The van der Waals surface area contributed by atoms with Gasteiger partial charge < -0.3 is 9.47 Å². The third-order valence-electron chi connectivity index (χ3n) is 5.21. The maximum absolute atomic E-state index is 12.7. The van der Waals surface area contributed by atoms with E-state index in [9.17, 15) is 18.0 Å². The zero-order valence-electron chi connectivity index (χ0n) is 18.6. The van der Waals surface area contributed by atoms with Gasteiger partial charge in [-0.1, -0.05) is 18.2 Å². The standard InChI is InChI=1S/C24H19F3N6O3/c25-24(26,27)21-8-9-32(30-21)15-22(34)29-28-13-17-14-33(18-4-2-1-3-5-18)31-23(17)16-6-7-19-20(12-16)36-11-10-35-19/h1-9,12-14H,10-11,15H2,(H,29,34)/b28-13-. The van der Waals surface area contributed by atoms with Crippen LogP contribution in [0.15, 0.2) is 72.1 Å². The number of halogens is 3. The number of carbonyl (C=O) groups excluding carboxylic acids is 1. The van der Waals surface area contributed by atoms with Gasteiger partial charge in [-0.25, -0.2) is 10.1 Å². The molecule has 0 radical (unpaired) electrons. The van der Waals surface area contributed by atoms with Crippen LogP contribution in [0.1, 0.15) is 11.3 Å². The van der Waals surface area contributed by atoms with Crippen molar-refractivity contribution in [3.8, 4) is 28.4 Å².